The van der Waals surface area contributed by atoms with Gasteiger partial charge in [0.2, 0.25) is 10.0 Å². The maximum atomic E-state index is 13.4. The molecule has 1 aliphatic rings. The summed E-state index contributed by atoms with van der Waals surface area (Å²) in [4.78, 5) is 12.6. The van der Waals surface area contributed by atoms with E-state index in [4.69, 9.17) is 0 Å². The third-order valence-electron chi connectivity index (χ3n) is 4.72. The largest absolute Gasteiger partial charge is 0.294 e. The minimum absolute atomic E-state index is 0.0397. The lowest BCUT2D eigenvalue weighted by Crippen LogP contribution is -2.40. The van der Waals surface area contributed by atoms with E-state index in [2.05, 4.69) is 0 Å². The number of aryl methyl sites for hydroxylation is 1. The zero-order chi connectivity index (χ0) is 18.9. The van der Waals surface area contributed by atoms with E-state index in [0.29, 0.717) is 24.0 Å². The Morgan fingerprint density at radius 2 is 1.65 bits per heavy atom. The fraction of sp³-hybridized carbons (Fsp3) is 0.316. The van der Waals surface area contributed by atoms with Crippen LogP contribution in [0.1, 0.15) is 28.8 Å². The molecule has 0 radical (unpaired) electrons. The molecule has 0 unspecified atom stereocenters. The van der Waals surface area contributed by atoms with Crippen molar-refractivity contribution in [3.63, 3.8) is 0 Å². The molecule has 138 valence electrons. The second-order valence-electron chi connectivity index (χ2n) is 6.46. The van der Waals surface area contributed by atoms with Crippen molar-refractivity contribution >= 4 is 15.8 Å². The summed E-state index contributed by atoms with van der Waals surface area (Å²) in [6, 6.07) is 8.97. The summed E-state index contributed by atoms with van der Waals surface area (Å²) in [5.74, 6) is -1.24. The zero-order valence-electron chi connectivity index (χ0n) is 14.3. The summed E-state index contributed by atoms with van der Waals surface area (Å²) in [5, 5.41) is 0. The Morgan fingerprint density at radius 3 is 2.23 bits per heavy atom. The van der Waals surface area contributed by atoms with Crippen molar-refractivity contribution < 1.29 is 22.0 Å². The summed E-state index contributed by atoms with van der Waals surface area (Å²) in [6.07, 6.45) is 0.797. The second kappa shape index (κ2) is 7.25. The van der Waals surface area contributed by atoms with Gasteiger partial charge in [0.05, 0.1) is 4.90 Å². The van der Waals surface area contributed by atoms with Crippen molar-refractivity contribution in [2.45, 2.75) is 24.7 Å². The van der Waals surface area contributed by atoms with Crippen LogP contribution in [-0.4, -0.2) is 31.6 Å². The molecule has 0 saturated carbocycles. The van der Waals surface area contributed by atoms with Crippen LogP contribution >= 0.6 is 0 Å². The van der Waals surface area contributed by atoms with Crippen LogP contribution in [0, 0.1) is 24.5 Å². The maximum Gasteiger partial charge on any atom is 0.243 e. The lowest BCUT2D eigenvalue weighted by molar-refractivity contribution is 0.0875. The van der Waals surface area contributed by atoms with Gasteiger partial charge in [-0.2, -0.15) is 4.31 Å². The molecular weight excluding hydrogens is 360 g/mol. The van der Waals surface area contributed by atoms with Gasteiger partial charge in [-0.25, -0.2) is 17.2 Å². The van der Waals surface area contributed by atoms with Crippen LogP contribution in [0.5, 0.6) is 0 Å². The molecule has 0 spiro atoms. The molecule has 1 fully saturated rings. The predicted octanol–water partition coefficient (Wildman–Crippen LogP) is 3.56. The highest BCUT2D eigenvalue weighted by atomic mass is 32.2. The highest BCUT2D eigenvalue weighted by Gasteiger charge is 2.32. The normalized spacial score (nSPS) is 16.6. The van der Waals surface area contributed by atoms with Crippen molar-refractivity contribution in [1.82, 2.24) is 4.31 Å². The molecule has 1 saturated heterocycles. The number of hydrogen-bond donors (Lipinski definition) is 0. The first kappa shape index (κ1) is 18.7. The molecule has 0 aromatic heterocycles. The summed E-state index contributed by atoms with van der Waals surface area (Å²) >= 11 is 0. The van der Waals surface area contributed by atoms with Crippen LogP contribution in [0.25, 0.3) is 0 Å². The fourth-order valence-electron chi connectivity index (χ4n) is 3.15. The topological polar surface area (TPSA) is 54.5 Å². The van der Waals surface area contributed by atoms with Gasteiger partial charge in [0.25, 0.3) is 0 Å². The van der Waals surface area contributed by atoms with E-state index < -0.39 is 15.8 Å². The van der Waals surface area contributed by atoms with Gasteiger partial charge in [-0.3, -0.25) is 4.79 Å². The predicted molar refractivity (Wildman–Crippen MR) is 93.4 cm³/mol. The first-order chi connectivity index (χ1) is 12.3. The van der Waals surface area contributed by atoms with Crippen LogP contribution in [0.3, 0.4) is 0 Å². The SMILES string of the molecule is Cc1cc(C(=O)C2CCN(S(=O)(=O)c3ccc(F)cc3)CC2)ccc1F. The minimum Gasteiger partial charge on any atom is -0.294 e. The first-order valence-electron chi connectivity index (χ1n) is 8.35. The average Bonchev–Trinajstić information content (AvgIpc) is 2.64. The van der Waals surface area contributed by atoms with Crippen LogP contribution in [-0.2, 0) is 10.0 Å². The second-order valence-corrected chi connectivity index (χ2v) is 8.40. The molecule has 0 aliphatic carbocycles. The molecule has 26 heavy (non-hydrogen) atoms. The van der Waals surface area contributed by atoms with E-state index in [1.165, 1.54) is 34.6 Å². The Hall–Kier alpha value is -2.12. The Bertz CT molecular complexity index is 918. The summed E-state index contributed by atoms with van der Waals surface area (Å²) in [5.41, 5.74) is 0.857. The van der Waals surface area contributed by atoms with E-state index >= 15 is 0 Å². The standard InChI is InChI=1S/C19H19F2NO3S/c1-13-12-15(2-7-18(13)21)19(23)14-8-10-22(11-9-14)26(24,25)17-5-3-16(20)4-6-17/h2-7,12,14H,8-11H2,1H3. The Labute approximate surface area is 151 Å². The van der Waals surface area contributed by atoms with Gasteiger partial charge in [-0.1, -0.05) is 0 Å². The molecule has 0 amide bonds. The lowest BCUT2D eigenvalue weighted by Gasteiger charge is -2.30. The van der Waals surface area contributed by atoms with E-state index in [1.54, 1.807) is 6.92 Å². The highest BCUT2D eigenvalue weighted by molar-refractivity contribution is 7.89. The van der Waals surface area contributed by atoms with Gasteiger partial charge in [0.15, 0.2) is 5.78 Å². The number of sulfonamides is 1. The molecular formula is C19H19F2NO3S. The number of halogens is 2. The van der Waals surface area contributed by atoms with E-state index in [-0.39, 0.29) is 35.5 Å². The monoisotopic (exact) mass is 379 g/mol. The molecule has 0 N–H and O–H groups in total. The molecule has 1 heterocycles. The number of carbonyl (C=O) groups is 1. The van der Waals surface area contributed by atoms with Crippen LogP contribution in [0.4, 0.5) is 8.78 Å². The number of benzene rings is 2. The Balaban J connectivity index is 1.69. The maximum absolute atomic E-state index is 13.4. The minimum atomic E-state index is -3.70. The fourth-order valence-corrected chi connectivity index (χ4v) is 4.62. The molecule has 0 atom stereocenters. The van der Waals surface area contributed by atoms with Crippen LogP contribution < -0.4 is 0 Å². The van der Waals surface area contributed by atoms with Crippen molar-refractivity contribution in [2.75, 3.05) is 13.1 Å². The molecule has 2 aromatic rings. The molecule has 2 aromatic carbocycles. The van der Waals surface area contributed by atoms with Crippen molar-refractivity contribution in [1.29, 1.82) is 0 Å². The molecule has 1 aliphatic heterocycles. The van der Waals surface area contributed by atoms with E-state index in [0.717, 1.165) is 12.1 Å². The summed E-state index contributed by atoms with van der Waals surface area (Å²) in [7, 11) is -3.70. The van der Waals surface area contributed by atoms with Gasteiger partial charge in [0, 0.05) is 24.6 Å². The van der Waals surface area contributed by atoms with Crippen molar-refractivity contribution in [3.05, 3.63) is 65.2 Å². The van der Waals surface area contributed by atoms with Crippen LogP contribution in [0.2, 0.25) is 0 Å². The summed E-state index contributed by atoms with van der Waals surface area (Å²) in [6.45, 7) is 2.04. The molecule has 3 rings (SSSR count). The van der Waals surface area contributed by atoms with Gasteiger partial charge >= 0.3 is 0 Å². The molecule has 4 nitrogen and oxygen atoms in total. The van der Waals surface area contributed by atoms with Gasteiger partial charge in [-0.05, 0) is 67.8 Å². The van der Waals surface area contributed by atoms with Crippen molar-refractivity contribution in [3.8, 4) is 0 Å². The molecule has 0 bridgehead atoms. The zero-order valence-corrected chi connectivity index (χ0v) is 15.1. The highest BCUT2D eigenvalue weighted by Crippen LogP contribution is 2.26. The number of Topliss-reactive ketones (excluding diaryl/α,β-unsaturated/α-hetero) is 1. The summed E-state index contributed by atoms with van der Waals surface area (Å²) < 4.78 is 52.9. The van der Waals surface area contributed by atoms with E-state index in [1.807, 2.05) is 0 Å². The number of hydrogen-bond acceptors (Lipinski definition) is 3. The van der Waals surface area contributed by atoms with Gasteiger partial charge < -0.3 is 0 Å². The third kappa shape index (κ3) is 3.68. The van der Waals surface area contributed by atoms with E-state index in [9.17, 15) is 22.0 Å². The average molecular weight is 379 g/mol. The molecule has 7 heteroatoms. The smallest absolute Gasteiger partial charge is 0.243 e. The van der Waals surface area contributed by atoms with Crippen LogP contribution in [0.15, 0.2) is 47.4 Å². The number of rotatable bonds is 4. The Morgan fingerprint density at radius 1 is 1.04 bits per heavy atom. The van der Waals surface area contributed by atoms with Crippen molar-refractivity contribution in [2.24, 2.45) is 5.92 Å². The first-order valence-corrected chi connectivity index (χ1v) is 9.79. The van der Waals surface area contributed by atoms with Gasteiger partial charge in [-0.15, -0.1) is 0 Å². The number of carbonyl (C=O) groups excluding carboxylic acids is 1. The number of ketones is 1. The van der Waals surface area contributed by atoms with Gasteiger partial charge in [0.1, 0.15) is 11.6 Å². The third-order valence-corrected chi connectivity index (χ3v) is 6.63. The number of nitrogens with zero attached hydrogens (tertiary/aromatic N) is 1. The quantitative estimate of drug-likeness (QED) is 0.764. The lowest BCUT2D eigenvalue weighted by atomic mass is 9.89. The number of piperidine rings is 1. The Kier molecular flexibility index (Phi) is 5.20.